The molecular weight excluding hydrogens is 969 g/mol. The van der Waals surface area contributed by atoms with Gasteiger partial charge in [-0.05, 0) is 104 Å². The molecule has 0 aliphatic rings. The van der Waals surface area contributed by atoms with Crippen LogP contribution in [0.1, 0.15) is 89.4 Å². The standard InChI is InChI=1S/C43H34N3.C17H20N.Ir/c1-26(2)33-22-29(28-14-6-5-7-15-28)23-34(27(3)4)41(33)46-40-21-13-10-18-37(40)44-43(46)30-24-35-31-16-8-11-19-38(31)45-39-20-12-9-17-32(39)36(25-30)42(35)45;1-13-5-8-15(9-6-13)16-10-7-14(12-18-16)11-17(2,3)4;/h5-24,26-27H,1-4H3;5-8,10,12H,11H2,1-4H3;/q2*-1;/i;1D3,11D2;. The number of hydrogen-bond donors (Lipinski definition) is 0. The third-order valence-corrected chi connectivity index (χ3v) is 12.0. The number of para-hydroxylation sites is 4. The van der Waals surface area contributed by atoms with Crippen molar-refractivity contribution in [1.29, 1.82) is 0 Å². The maximum Gasteiger partial charge on any atom is 0.0798 e. The van der Waals surface area contributed by atoms with E-state index in [1.165, 1.54) is 72.9 Å². The van der Waals surface area contributed by atoms with Crippen molar-refractivity contribution >= 4 is 49.1 Å². The summed E-state index contributed by atoms with van der Waals surface area (Å²) in [5.74, 6) is 1.54. The van der Waals surface area contributed by atoms with E-state index >= 15 is 0 Å². The first-order valence-electron chi connectivity index (χ1n) is 24.7. The van der Waals surface area contributed by atoms with E-state index in [0.717, 1.165) is 27.8 Å². The maximum absolute atomic E-state index is 8.25. The molecule has 325 valence electrons. The molecule has 65 heavy (non-hydrogen) atoms. The fraction of sp³-hybridized carbons (Fsp3) is 0.200. The second-order valence-corrected chi connectivity index (χ2v) is 18.4. The molecule has 0 saturated heterocycles. The van der Waals surface area contributed by atoms with Gasteiger partial charge >= 0.3 is 0 Å². The van der Waals surface area contributed by atoms with Crippen molar-refractivity contribution in [3.8, 4) is 39.5 Å². The average Bonchev–Trinajstić information content (AvgIpc) is 4.01. The molecular formula is C60H54IrN4-2. The molecule has 4 aromatic heterocycles. The molecule has 5 heteroatoms. The first-order valence-corrected chi connectivity index (χ1v) is 22.2. The Morgan fingerprint density at radius 3 is 1.94 bits per heavy atom. The minimum atomic E-state index is -2.14. The van der Waals surface area contributed by atoms with Crippen LogP contribution in [0.2, 0.25) is 0 Å². The van der Waals surface area contributed by atoms with E-state index in [9.17, 15) is 0 Å². The van der Waals surface area contributed by atoms with Gasteiger partial charge in [-0.25, -0.2) is 0 Å². The number of rotatable bonds is 7. The Morgan fingerprint density at radius 1 is 0.662 bits per heavy atom. The molecule has 4 nitrogen and oxygen atoms in total. The molecule has 4 heterocycles. The molecule has 1 radical (unpaired) electrons. The molecule has 0 fully saturated rings. The molecule has 7 aromatic carbocycles. The Hall–Kier alpha value is -6.39. The molecule has 0 amide bonds. The topological polar surface area (TPSA) is 35.1 Å². The summed E-state index contributed by atoms with van der Waals surface area (Å²) in [7, 11) is 0. The van der Waals surface area contributed by atoms with E-state index in [4.69, 9.17) is 11.8 Å². The summed E-state index contributed by atoms with van der Waals surface area (Å²) in [4.78, 5) is 9.69. The number of hydrogen-bond acceptors (Lipinski definition) is 2. The molecule has 11 rings (SSSR count). The first kappa shape index (κ1) is 37.9. The van der Waals surface area contributed by atoms with Gasteiger partial charge in [-0.1, -0.05) is 168 Å². The van der Waals surface area contributed by atoms with Crippen molar-refractivity contribution in [2.75, 3.05) is 0 Å². The number of pyridine rings is 1. The Kier molecular flexibility index (Phi) is 10.2. The van der Waals surface area contributed by atoms with Crippen molar-refractivity contribution in [3.63, 3.8) is 0 Å². The Morgan fingerprint density at radius 2 is 1.31 bits per heavy atom. The van der Waals surface area contributed by atoms with Gasteiger partial charge in [-0.15, -0.1) is 47.5 Å². The van der Waals surface area contributed by atoms with Gasteiger partial charge in [-0.3, -0.25) is 4.98 Å². The molecule has 11 aromatic rings. The fourth-order valence-corrected chi connectivity index (χ4v) is 9.17. The van der Waals surface area contributed by atoms with Crippen molar-refractivity contribution < 1.29 is 27.0 Å². The Bertz CT molecular complexity index is 3540. The summed E-state index contributed by atoms with van der Waals surface area (Å²) >= 11 is 0. The summed E-state index contributed by atoms with van der Waals surface area (Å²) in [6.07, 6.45) is 0.0411. The molecule has 0 saturated carbocycles. The number of aromatic nitrogens is 4. The number of fused-ring (bicyclic) bond motifs is 7. The van der Waals surface area contributed by atoms with E-state index < -0.39 is 18.6 Å². The van der Waals surface area contributed by atoms with Crippen molar-refractivity contribution in [3.05, 3.63) is 192 Å². The SMILES string of the molecule is CC(C)c1cc(-c2ccccc2)cc(C(C)C)c1-n1c(-c2[c-]c3c4ccccc4n4c5ccccc5c(c2)c34)nc2ccccc21.[2H]C([2H])([2H])c1c[c-]c(-c2ccc(C([2H])([2H])C(C)(C)C)cn2)cc1.[Ir]. The van der Waals surface area contributed by atoms with Gasteiger partial charge < -0.3 is 14.0 Å². The second kappa shape index (κ2) is 17.5. The molecule has 0 unspecified atom stereocenters. The van der Waals surface area contributed by atoms with E-state index in [1.54, 1.807) is 24.3 Å². The molecule has 0 spiro atoms. The zero-order valence-corrected chi connectivity index (χ0v) is 40.2. The summed E-state index contributed by atoms with van der Waals surface area (Å²) in [5.41, 5.74) is 14.7. The van der Waals surface area contributed by atoms with E-state index in [1.807, 2.05) is 20.8 Å². The van der Waals surface area contributed by atoms with Gasteiger partial charge in [0.2, 0.25) is 0 Å². The maximum atomic E-state index is 8.25. The summed E-state index contributed by atoms with van der Waals surface area (Å²) in [6, 6.07) is 58.9. The predicted octanol–water partition coefficient (Wildman–Crippen LogP) is 16.0. The third kappa shape index (κ3) is 8.18. The van der Waals surface area contributed by atoms with Gasteiger partial charge in [-0.2, -0.15) is 0 Å². The van der Waals surface area contributed by atoms with Gasteiger partial charge in [0.25, 0.3) is 0 Å². The first-order chi connectivity index (χ1) is 32.9. The smallest absolute Gasteiger partial charge is 0.0798 e. The molecule has 0 aliphatic heterocycles. The van der Waals surface area contributed by atoms with Gasteiger partial charge in [0, 0.05) is 49.9 Å². The molecule has 0 atom stereocenters. The van der Waals surface area contributed by atoms with Crippen LogP contribution >= 0.6 is 0 Å². The van der Waals surface area contributed by atoms with E-state index in [2.05, 4.69) is 175 Å². The van der Waals surface area contributed by atoms with Gasteiger partial charge in [0.05, 0.1) is 16.9 Å². The number of imidazole rings is 1. The Balaban J connectivity index is 0.000000215. The fourth-order valence-electron chi connectivity index (χ4n) is 9.17. The van der Waals surface area contributed by atoms with Crippen LogP contribution in [0.3, 0.4) is 0 Å². The summed E-state index contributed by atoms with van der Waals surface area (Å²) < 4.78 is 43.4. The largest absolute Gasteiger partial charge is 0.348 e. The van der Waals surface area contributed by atoms with Crippen LogP contribution < -0.4 is 0 Å². The third-order valence-electron chi connectivity index (χ3n) is 12.0. The number of benzene rings is 7. The number of aryl methyl sites for hydroxylation is 1. The molecule has 0 bridgehead atoms. The second-order valence-electron chi connectivity index (χ2n) is 18.4. The molecule has 0 aliphatic carbocycles. The van der Waals surface area contributed by atoms with Crippen LogP contribution in [0.25, 0.3) is 88.6 Å². The normalized spacial score (nSPS) is 13.5. The number of nitrogens with zero attached hydrogens (tertiary/aromatic N) is 4. The zero-order chi connectivity index (χ0) is 48.6. The summed E-state index contributed by atoms with van der Waals surface area (Å²) in [6.45, 7) is 12.6. The van der Waals surface area contributed by atoms with Crippen LogP contribution in [-0.2, 0) is 26.5 Å². The van der Waals surface area contributed by atoms with Crippen LogP contribution in [0.15, 0.2) is 158 Å². The van der Waals surface area contributed by atoms with Crippen LogP contribution in [-0.4, -0.2) is 18.9 Å². The van der Waals surface area contributed by atoms with E-state index in [-0.39, 0.29) is 25.7 Å². The van der Waals surface area contributed by atoms with Crippen molar-refractivity contribution in [2.24, 2.45) is 5.41 Å². The quantitative estimate of drug-likeness (QED) is 0.149. The van der Waals surface area contributed by atoms with Gasteiger partial charge in [0.15, 0.2) is 0 Å². The van der Waals surface area contributed by atoms with Crippen molar-refractivity contribution in [2.45, 2.75) is 73.5 Å². The minimum absolute atomic E-state index is 0. The van der Waals surface area contributed by atoms with Crippen LogP contribution in [0.4, 0.5) is 0 Å². The Labute approximate surface area is 403 Å². The zero-order valence-electron chi connectivity index (χ0n) is 42.8. The average molecular weight is 1030 g/mol. The van der Waals surface area contributed by atoms with Crippen LogP contribution in [0.5, 0.6) is 0 Å². The monoisotopic (exact) mass is 1030 g/mol. The van der Waals surface area contributed by atoms with Crippen LogP contribution in [0, 0.1) is 24.4 Å². The summed E-state index contributed by atoms with van der Waals surface area (Å²) in [5, 5.41) is 4.85. The molecule has 0 N–H and O–H groups in total. The van der Waals surface area contributed by atoms with Crippen molar-refractivity contribution in [1.82, 2.24) is 18.9 Å². The minimum Gasteiger partial charge on any atom is -0.348 e. The predicted molar refractivity (Wildman–Crippen MR) is 270 cm³/mol. The van der Waals surface area contributed by atoms with Gasteiger partial charge in [0.1, 0.15) is 0 Å². The van der Waals surface area contributed by atoms with E-state index in [0.29, 0.717) is 28.7 Å².